The molecule has 106 valence electrons. The number of nitrogens with zero attached hydrogens (tertiary/aromatic N) is 1. The van der Waals surface area contributed by atoms with Gasteiger partial charge in [0.15, 0.2) is 0 Å². The molecule has 0 spiro atoms. The van der Waals surface area contributed by atoms with E-state index in [9.17, 15) is 0 Å². The van der Waals surface area contributed by atoms with Crippen LogP contribution in [0.5, 0.6) is 0 Å². The van der Waals surface area contributed by atoms with Crippen molar-refractivity contribution < 1.29 is 5.11 Å². The number of nitrogens with one attached hydrogen (secondary N) is 2. The molecule has 0 amide bonds. The Morgan fingerprint density at radius 3 is 2.33 bits per heavy atom. The van der Waals surface area contributed by atoms with Gasteiger partial charge >= 0.3 is 0 Å². The lowest BCUT2D eigenvalue weighted by Gasteiger charge is -2.30. The number of rotatable bonds is 13. The molecule has 0 saturated carbocycles. The Morgan fingerprint density at radius 1 is 1.17 bits per heavy atom. The SMILES string of the molecule is C=CCN(CC=C)C(CCO)NCCNCCN. The van der Waals surface area contributed by atoms with Crippen molar-refractivity contribution in [2.75, 3.05) is 45.9 Å². The van der Waals surface area contributed by atoms with Crippen molar-refractivity contribution in [1.29, 1.82) is 0 Å². The Hall–Kier alpha value is -0.720. The van der Waals surface area contributed by atoms with Gasteiger partial charge in [0.05, 0.1) is 6.17 Å². The van der Waals surface area contributed by atoms with Crippen LogP contribution in [0.2, 0.25) is 0 Å². The van der Waals surface area contributed by atoms with E-state index in [2.05, 4.69) is 28.7 Å². The highest BCUT2D eigenvalue weighted by atomic mass is 16.3. The predicted molar refractivity (Wildman–Crippen MR) is 77.4 cm³/mol. The van der Waals surface area contributed by atoms with Crippen LogP contribution in [0.4, 0.5) is 0 Å². The van der Waals surface area contributed by atoms with Gasteiger partial charge in [0, 0.05) is 45.9 Å². The van der Waals surface area contributed by atoms with Crippen LogP contribution in [0.1, 0.15) is 6.42 Å². The average Bonchev–Trinajstić information content (AvgIpc) is 2.37. The van der Waals surface area contributed by atoms with E-state index in [1.54, 1.807) is 0 Å². The van der Waals surface area contributed by atoms with Crippen LogP contribution in [-0.2, 0) is 0 Å². The minimum Gasteiger partial charge on any atom is -0.396 e. The number of aliphatic hydroxyl groups is 1. The second kappa shape index (κ2) is 12.7. The first-order valence-electron chi connectivity index (χ1n) is 6.51. The minimum absolute atomic E-state index is 0.144. The molecular weight excluding hydrogens is 228 g/mol. The molecule has 0 fully saturated rings. The molecular formula is C13H28N4O. The molecule has 0 aliphatic carbocycles. The lowest BCUT2D eigenvalue weighted by atomic mass is 10.3. The topological polar surface area (TPSA) is 73.5 Å². The largest absolute Gasteiger partial charge is 0.396 e. The van der Waals surface area contributed by atoms with E-state index < -0.39 is 0 Å². The summed E-state index contributed by atoms with van der Waals surface area (Å²) in [4.78, 5) is 2.19. The molecule has 0 aromatic carbocycles. The van der Waals surface area contributed by atoms with E-state index >= 15 is 0 Å². The van der Waals surface area contributed by atoms with Crippen molar-refractivity contribution >= 4 is 0 Å². The quantitative estimate of drug-likeness (QED) is 0.203. The van der Waals surface area contributed by atoms with Crippen LogP contribution < -0.4 is 16.4 Å². The van der Waals surface area contributed by atoms with Gasteiger partial charge in [0.25, 0.3) is 0 Å². The molecule has 0 saturated heterocycles. The molecule has 0 aromatic rings. The van der Waals surface area contributed by atoms with E-state index in [-0.39, 0.29) is 12.8 Å². The third kappa shape index (κ3) is 8.38. The molecule has 0 rings (SSSR count). The Kier molecular flexibility index (Phi) is 12.2. The van der Waals surface area contributed by atoms with E-state index in [4.69, 9.17) is 10.8 Å². The van der Waals surface area contributed by atoms with Gasteiger partial charge in [-0.2, -0.15) is 0 Å². The zero-order valence-electron chi connectivity index (χ0n) is 11.3. The molecule has 1 atom stereocenters. The van der Waals surface area contributed by atoms with Gasteiger partial charge in [-0.3, -0.25) is 4.90 Å². The van der Waals surface area contributed by atoms with E-state index in [0.29, 0.717) is 13.0 Å². The molecule has 5 N–H and O–H groups in total. The predicted octanol–water partition coefficient (Wildman–Crippen LogP) is -0.493. The monoisotopic (exact) mass is 256 g/mol. The van der Waals surface area contributed by atoms with E-state index in [1.165, 1.54) is 0 Å². The molecule has 0 bridgehead atoms. The highest BCUT2D eigenvalue weighted by Crippen LogP contribution is 2.01. The second-order valence-electron chi connectivity index (χ2n) is 4.05. The first kappa shape index (κ1) is 17.3. The van der Waals surface area contributed by atoms with Crippen molar-refractivity contribution in [2.24, 2.45) is 5.73 Å². The summed E-state index contributed by atoms with van der Waals surface area (Å²) in [5.41, 5.74) is 5.40. The molecule has 0 heterocycles. The molecule has 18 heavy (non-hydrogen) atoms. The maximum Gasteiger partial charge on any atom is 0.0625 e. The van der Waals surface area contributed by atoms with Crippen molar-refractivity contribution in [3.05, 3.63) is 25.3 Å². The van der Waals surface area contributed by atoms with Crippen molar-refractivity contribution in [3.8, 4) is 0 Å². The summed E-state index contributed by atoms with van der Waals surface area (Å²) in [7, 11) is 0. The van der Waals surface area contributed by atoms with Gasteiger partial charge in [-0.05, 0) is 6.42 Å². The first-order valence-corrected chi connectivity index (χ1v) is 6.51. The third-order valence-electron chi connectivity index (χ3n) is 2.57. The number of hydrogen-bond donors (Lipinski definition) is 4. The lowest BCUT2D eigenvalue weighted by molar-refractivity contribution is 0.155. The van der Waals surface area contributed by atoms with Crippen LogP contribution in [0.15, 0.2) is 25.3 Å². The van der Waals surface area contributed by atoms with Crippen molar-refractivity contribution in [3.63, 3.8) is 0 Å². The van der Waals surface area contributed by atoms with Gasteiger partial charge in [-0.15, -0.1) is 13.2 Å². The summed E-state index contributed by atoms with van der Waals surface area (Å²) in [5.74, 6) is 0. The number of hydrogen-bond acceptors (Lipinski definition) is 5. The number of nitrogens with two attached hydrogens (primary N) is 1. The van der Waals surface area contributed by atoms with E-state index in [1.807, 2.05) is 12.2 Å². The summed E-state index contributed by atoms with van der Waals surface area (Å²) < 4.78 is 0. The third-order valence-corrected chi connectivity index (χ3v) is 2.57. The first-order chi connectivity index (χ1) is 8.79. The average molecular weight is 256 g/mol. The van der Waals surface area contributed by atoms with Gasteiger partial charge in [0.2, 0.25) is 0 Å². The van der Waals surface area contributed by atoms with Gasteiger partial charge in [0.1, 0.15) is 0 Å². The summed E-state index contributed by atoms with van der Waals surface area (Å²) >= 11 is 0. The Balaban J connectivity index is 4.06. The van der Waals surface area contributed by atoms with Gasteiger partial charge in [-0.1, -0.05) is 12.2 Å². The maximum atomic E-state index is 9.11. The van der Waals surface area contributed by atoms with Crippen LogP contribution in [-0.4, -0.2) is 62.0 Å². The Labute approximate surface area is 111 Å². The highest BCUT2D eigenvalue weighted by Gasteiger charge is 2.14. The standard InChI is InChI=1S/C13H28N4O/c1-3-10-17(11-4-2)13(5-12-18)16-9-8-15-7-6-14/h3-4,13,15-16,18H,1-2,5-12,14H2. The van der Waals surface area contributed by atoms with Gasteiger partial charge in [-0.25, -0.2) is 0 Å². The fourth-order valence-corrected chi connectivity index (χ4v) is 1.75. The van der Waals surface area contributed by atoms with Crippen LogP contribution in [0.3, 0.4) is 0 Å². The molecule has 0 aliphatic rings. The second-order valence-corrected chi connectivity index (χ2v) is 4.05. The molecule has 1 unspecified atom stereocenters. The fraction of sp³-hybridized carbons (Fsp3) is 0.692. The molecule has 5 nitrogen and oxygen atoms in total. The summed E-state index contributed by atoms with van der Waals surface area (Å²) in [6.45, 7) is 12.4. The minimum atomic E-state index is 0.144. The van der Waals surface area contributed by atoms with Crippen molar-refractivity contribution in [2.45, 2.75) is 12.6 Å². The van der Waals surface area contributed by atoms with Crippen LogP contribution in [0.25, 0.3) is 0 Å². The Morgan fingerprint density at radius 2 is 1.83 bits per heavy atom. The highest BCUT2D eigenvalue weighted by molar-refractivity contribution is 4.83. The Bertz CT molecular complexity index is 201. The normalized spacial score (nSPS) is 12.6. The zero-order valence-corrected chi connectivity index (χ0v) is 11.3. The van der Waals surface area contributed by atoms with Crippen LogP contribution >= 0.6 is 0 Å². The summed E-state index contributed by atoms with van der Waals surface area (Å²) in [5, 5.41) is 15.8. The zero-order chi connectivity index (χ0) is 13.6. The molecule has 0 radical (unpaired) electrons. The fourth-order valence-electron chi connectivity index (χ4n) is 1.75. The lowest BCUT2D eigenvalue weighted by Crippen LogP contribution is -2.48. The smallest absolute Gasteiger partial charge is 0.0625 e. The molecule has 0 aliphatic heterocycles. The van der Waals surface area contributed by atoms with Gasteiger partial charge < -0.3 is 21.5 Å². The van der Waals surface area contributed by atoms with Crippen LogP contribution in [0, 0.1) is 0 Å². The van der Waals surface area contributed by atoms with E-state index in [0.717, 1.165) is 32.7 Å². The van der Waals surface area contributed by atoms with Crippen molar-refractivity contribution in [1.82, 2.24) is 15.5 Å². The molecule has 5 heteroatoms. The number of aliphatic hydroxyl groups excluding tert-OH is 1. The summed E-state index contributed by atoms with van der Waals surface area (Å²) in [6, 6.07) is 0. The molecule has 0 aromatic heterocycles. The maximum absolute atomic E-state index is 9.11. The summed E-state index contributed by atoms with van der Waals surface area (Å²) in [6.07, 6.45) is 4.56.